The van der Waals surface area contributed by atoms with E-state index in [1.165, 1.54) is 0 Å². The molecule has 0 spiro atoms. The van der Waals surface area contributed by atoms with Crippen LogP contribution >= 0.6 is 11.6 Å². The molecule has 1 aromatic carbocycles. The summed E-state index contributed by atoms with van der Waals surface area (Å²) in [5, 5.41) is 4.08. The smallest absolute Gasteiger partial charge is 0.122 e. The largest absolute Gasteiger partial charge is 0.496 e. The van der Waals surface area contributed by atoms with Crippen LogP contribution in [0.3, 0.4) is 0 Å². The van der Waals surface area contributed by atoms with E-state index in [4.69, 9.17) is 20.8 Å². The van der Waals surface area contributed by atoms with Crippen LogP contribution in [0.15, 0.2) is 41.0 Å². The number of hydrogen-bond acceptors (Lipinski definition) is 3. The Balaban J connectivity index is 2.00. The Morgan fingerprint density at radius 1 is 1.35 bits per heavy atom. The fourth-order valence-corrected chi connectivity index (χ4v) is 2.49. The summed E-state index contributed by atoms with van der Waals surface area (Å²) in [4.78, 5) is 0. The van der Waals surface area contributed by atoms with E-state index in [-0.39, 0.29) is 0 Å². The van der Waals surface area contributed by atoms with Gasteiger partial charge in [-0.25, -0.2) is 0 Å². The quantitative estimate of drug-likeness (QED) is 0.845. The van der Waals surface area contributed by atoms with Gasteiger partial charge in [-0.3, -0.25) is 0 Å². The molecular weight excluding hydrogens is 274 g/mol. The minimum Gasteiger partial charge on any atom is -0.496 e. The van der Waals surface area contributed by atoms with E-state index < -0.39 is 0 Å². The number of aryl methyl sites for hydroxylation is 1. The molecule has 0 bridgehead atoms. The van der Waals surface area contributed by atoms with Crippen molar-refractivity contribution in [3.05, 3.63) is 52.9 Å². The maximum atomic E-state index is 6.07. The predicted molar refractivity (Wildman–Crippen MR) is 81.6 cm³/mol. The molecule has 1 N–H and O–H groups in total. The number of nitrogens with one attached hydrogen (secondary N) is 1. The van der Waals surface area contributed by atoms with Crippen molar-refractivity contribution in [1.82, 2.24) is 5.32 Å². The lowest BCUT2D eigenvalue weighted by Gasteiger charge is -2.17. The van der Waals surface area contributed by atoms with Crippen molar-refractivity contribution in [3.8, 4) is 5.75 Å². The monoisotopic (exact) mass is 293 g/mol. The molecule has 0 amide bonds. The second kappa shape index (κ2) is 7.36. The average Bonchev–Trinajstić information content (AvgIpc) is 2.97. The predicted octanol–water partition coefficient (Wildman–Crippen LogP) is 3.70. The summed E-state index contributed by atoms with van der Waals surface area (Å²) in [6.45, 7) is 0. The standard InChI is InChI=1S/C16H20ClNO2/c1-18-14(6-7-15-4-3-9-20-15)11-12-10-13(17)5-8-16(12)19-2/h3-5,8-10,14,18H,6-7,11H2,1-2H3. The van der Waals surface area contributed by atoms with E-state index in [0.29, 0.717) is 6.04 Å². The summed E-state index contributed by atoms with van der Waals surface area (Å²) in [6, 6.07) is 10.0. The van der Waals surface area contributed by atoms with Crippen LogP contribution in [0.5, 0.6) is 5.75 Å². The third-order valence-corrected chi connectivity index (χ3v) is 3.67. The molecule has 108 valence electrons. The molecule has 1 unspecified atom stereocenters. The number of methoxy groups -OCH3 is 1. The molecular formula is C16H20ClNO2. The van der Waals surface area contributed by atoms with Gasteiger partial charge in [0.15, 0.2) is 0 Å². The summed E-state index contributed by atoms with van der Waals surface area (Å²) < 4.78 is 10.8. The fraction of sp³-hybridized carbons (Fsp3) is 0.375. The summed E-state index contributed by atoms with van der Waals surface area (Å²) in [5.74, 6) is 1.90. The van der Waals surface area contributed by atoms with Crippen LogP contribution < -0.4 is 10.1 Å². The first-order valence-electron chi connectivity index (χ1n) is 6.75. The van der Waals surface area contributed by atoms with Gasteiger partial charge in [-0.15, -0.1) is 0 Å². The third-order valence-electron chi connectivity index (χ3n) is 3.44. The van der Waals surface area contributed by atoms with Crippen LogP contribution in [0.1, 0.15) is 17.7 Å². The van der Waals surface area contributed by atoms with Crippen molar-refractivity contribution in [2.75, 3.05) is 14.2 Å². The van der Waals surface area contributed by atoms with Gasteiger partial charge < -0.3 is 14.5 Å². The van der Waals surface area contributed by atoms with Gasteiger partial charge in [0.1, 0.15) is 11.5 Å². The highest BCUT2D eigenvalue weighted by Crippen LogP contribution is 2.24. The molecule has 0 radical (unpaired) electrons. The zero-order valence-corrected chi connectivity index (χ0v) is 12.6. The summed E-state index contributed by atoms with van der Waals surface area (Å²) in [5.41, 5.74) is 1.12. The summed E-state index contributed by atoms with van der Waals surface area (Å²) >= 11 is 6.07. The van der Waals surface area contributed by atoms with Gasteiger partial charge in [0, 0.05) is 17.5 Å². The molecule has 1 heterocycles. The Morgan fingerprint density at radius 3 is 2.85 bits per heavy atom. The molecule has 0 aliphatic carbocycles. The lowest BCUT2D eigenvalue weighted by molar-refractivity contribution is 0.403. The van der Waals surface area contributed by atoms with E-state index in [1.807, 2.05) is 37.4 Å². The van der Waals surface area contributed by atoms with Crippen molar-refractivity contribution in [1.29, 1.82) is 0 Å². The Hall–Kier alpha value is -1.45. The first-order valence-corrected chi connectivity index (χ1v) is 7.12. The van der Waals surface area contributed by atoms with Crippen LogP contribution in [0.4, 0.5) is 0 Å². The molecule has 1 aromatic heterocycles. The van der Waals surface area contributed by atoms with Gasteiger partial charge in [0.2, 0.25) is 0 Å². The fourth-order valence-electron chi connectivity index (χ4n) is 2.29. The molecule has 0 fully saturated rings. The maximum Gasteiger partial charge on any atom is 0.122 e. The molecule has 1 atom stereocenters. The number of hydrogen-bond donors (Lipinski definition) is 1. The van der Waals surface area contributed by atoms with E-state index in [1.54, 1.807) is 13.4 Å². The SMILES string of the molecule is CNC(CCc1ccco1)Cc1cc(Cl)ccc1OC. The molecule has 0 aliphatic rings. The first-order chi connectivity index (χ1) is 9.72. The van der Waals surface area contributed by atoms with Crippen LogP contribution in [0, 0.1) is 0 Å². The van der Waals surface area contributed by atoms with Crippen molar-refractivity contribution in [2.45, 2.75) is 25.3 Å². The number of furan rings is 1. The Bertz CT molecular complexity index is 525. The second-order valence-electron chi connectivity index (χ2n) is 4.76. The highest BCUT2D eigenvalue weighted by Gasteiger charge is 2.12. The highest BCUT2D eigenvalue weighted by atomic mass is 35.5. The average molecular weight is 294 g/mol. The number of halogens is 1. The third kappa shape index (κ3) is 4.02. The van der Waals surface area contributed by atoms with Gasteiger partial charge in [-0.1, -0.05) is 11.6 Å². The summed E-state index contributed by atoms with van der Waals surface area (Å²) in [7, 11) is 3.66. The normalized spacial score (nSPS) is 12.3. The molecule has 4 heteroatoms. The van der Waals surface area contributed by atoms with Crippen LogP contribution in [-0.2, 0) is 12.8 Å². The molecule has 3 nitrogen and oxygen atoms in total. The van der Waals surface area contributed by atoms with Crippen molar-refractivity contribution >= 4 is 11.6 Å². The van der Waals surface area contributed by atoms with Gasteiger partial charge in [-0.2, -0.15) is 0 Å². The van der Waals surface area contributed by atoms with Gasteiger partial charge in [-0.05, 0) is 55.8 Å². The Kier molecular flexibility index (Phi) is 5.50. The Labute approximate surface area is 124 Å². The minimum atomic E-state index is 0.354. The number of rotatable bonds is 7. The lowest BCUT2D eigenvalue weighted by atomic mass is 10.0. The number of benzene rings is 1. The van der Waals surface area contributed by atoms with E-state index in [2.05, 4.69) is 5.32 Å². The van der Waals surface area contributed by atoms with Gasteiger partial charge in [0.25, 0.3) is 0 Å². The van der Waals surface area contributed by atoms with Crippen LogP contribution in [0.25, 0.3) is 0 Å². The van der Waals surface area contributed by atoms with Crippen molar-refractivity contribution < 1.29 is 9.15 Å². The van der Waals surface area contributed by atoms with Gasteiger partial charge >= 0.3 is 0 Å². The topological polar surface area (TPSA) is 34.4 Å². The van der Waals surface area contributed by atoms with E-state index in [9.17, 15) is 0 Å². The molecule has 0 saturated carbocycles. The van der Waals surface area contributed by atoms with Crippen molar-refractivity contribution in [2.24, 2.45) is 0 Å². The van der Waals surface area contributed by atoms with Gasteiger partial charge in [0.05, 0.1) is 13.4 Å². The van der Waals surface area contributed by atoms with Crippen LogP contribution in [-0.4, -0.2) is 20.2 Å². The molecule has 0 aliphatic heterocycles. The Morgan fingerprint density at radius 2 is 2.20 bits per heavy atom. The zero-order chi connectivity index (χ0) is 14.4. The highest BCUT2D eigenvalue weighted by molar-refractivity contribution is 6.30. The number of likely N-dealkylation sites (N-methyl/N-ethyl adjacent to an activating group) is 1. The molecule has 0 saturated heterocycles. The minimum absolute atomic E-state index is 0.354. The molecule has 20 heavy (non-hydrogen) atoms. The van der Waals surface area contributed by atoms with E-state index >= 15 is 0 Å². The van der Waals surface area contributed by atoms with E-state index in [0.717, 1.165) is 41.4 Å². The zero-order valence-electron chi connectivity index (χ0n) is 11.9. The maximum absolute atomic E-state index is 6.07. The first kappa shape index (κ1) is 14.9. The number of ether oxygens (including phenoxy) is 1. The van der Waals surface area contributed by atoms with Crippen molar-refractivity contribution in [3.63, 3.8) is 0 Å². The molecule has 2 aromatic rings. The molecule has 2 rings (SSSR count). The lowest BCUT2D eigenvalue weighted by Crippen LogP contribution is -2.28. The van der Waals surface area contributed by atoms with Crippen LogP contribution in [0.2, 0.25) is 5.02 Å². The summed E-state index contributed by atoms with van der Waals surface area (Å²) in [6.07, 6.45) is 4.51. The second-order valence-corrected chi connectivity index (χ2v) is 5.20.